The molecule has 3 aromatic rings. The van der Waals surface area contributed by atoms with Crippen molar-refractivity contribution in [1.29, 1.82) is 0 Å². The second-order valence-corrected chi connectivity index (χ2v) is 5.70. The Kier molecular flexibility index (Phi) is 4.12. The molecule has 6 nitrogen and oxygen atoms in total. The third kappa shape index (κ3) is 3.24. The molecule has 0 amide bonds. The van der Waals surface area contributed by atoms with Gasteiger partial charge in [-0.3, -0.25) is 10.1 Å². The molecule has 0 radical (unpaired) electrons. The van der Waals surface area contributed by atoms with Crippen LogP contribution in [0.15, 0.2) is 49.8 Å². The number of hydrogen-bond acceptors (Lipinski definition) is 5. The van der Waals surface area contributed by atoms with Crippen LogP contribution in [0.1, 0.15) is 17.2 Å². The van der Waals surface area contributed by atoms with Gasteiger partial charge in [0.1, 0.15) is 11.5 Å². The number of hydrogen-bond donors (Lipinski definition) is 0. The molecule has 0 bridgehead atoms. The van der Waals surface area contributed by atoms with Crippen molar-refractivity contribution in [3.63, 3.8) is 0 Å². The Labute approximate surface area is 139 Å². The van der Waals surface area contributed by atoms with E-state index >= 15 is 0 Å². The molecule has 0 saturated carbocycles. The van der Waals surface area contributed by atoms with Crippen LogP contribution in [0.3, 0.4) is 0 Å². The van der Waals surface area contributed by atoms with Crippen molar-refractivity contribution in [2.45, 2.75) is 6.92 Å². The smallest absolute Gasteiger partial charge is 0.338 e. The molecule has 23 heavy (non-hydrogen) atoms. The largest absolute Gasteiger partial charge is 0.457 e. The van der Waals surface area contributed by atoms with E-state index in [2.05, 4.69) is 21.1 Å². The summed E-state index contributed by atoms with van der Waals surface area (Å²) >= 11 is 3.38. The van der Waals surface area contributed by atoms with Crippen molar-refractivity contribution >= 4 is 33.8 Å². The van der Waals surface area contributed by atoms with Gasteiger partial charge in [0.05, 0.1) is 4.92 Å². The molecule has 0 aliphatic heterocycles. The summed E-state index contributed by atoms with van der Waals surface area (Å²) in [4.78, 5) is 10.5. The summed E-state index contributed by atoms with van der Waals surface area (Å²) in [5.41, 5.74) is 1.04. The fraction of sp³-hybridized carbons (Fsp3) is 0.0625. The average molecular weight is 375 g/mol. The molecule has 116 valence electrons. The molecule has 0 atom stereocenters. The van der Waals surface area contributed by atoms with Crippen LogP contribution in [-0.2, 0) is 0 Å². The molecule has 0 saturated heterocycles. The first-order valence-corrected chi connectivity index (χ1v) is 7.48. The molecule has 2 heterocycles. The van der Waals surface area contributed by atoms with E-state index in [1.165, 1.54) is 13.0 Å². The van der Waals surface area contributed by atoms with Gasteiger partial charge < -0.3 is 8.94 Å². The number of benzene rings is 1. The predicted octanol–water partition coefficient (Wildman–Crippen LogP) is 5.08. The van der Waals surface area contributed by atoms with Crippen LogP contribution in [0.5, 0.6) is 0 Å². The van der Waals surface area contributed by atoms with Crippen molar-refractivity contribution in [2.75, 3.05) is 0 Å². The first-order chi connectivity index (χ1) is 11.0. The molecule has 0 N–H and O–H groups in total. The molecule has 0 spiro atoms. The Morgan fingerprint density at radius 3 is 2.61 bits per heavy atom. The normalized spacial score (nSPS) is 11.2. The van der Waals surface area contributed by atoms with E-state index in [0.29, 0.717) is 11.5 Å². The summed E-state index contributed by atoms with van der Waals surface area (Å²) in [5, 5.41) is 14.6. The van der Waals surface area contributed by atoms with Crippen molar-refractivity contribution < 1.29 is 13.9 Å². The van der Waals surface area contributed by atoms with Crippen molar-refractivity contribution in [3.8, 4) is 11.3 Å². The summed E-state index contributed by atoms with van der Waals surface area (Å²) in [7, 11) is 0. The van der Waals surface area contributed by atoms with Gasteiger partial charge in [0, 0.05) is 10.0 Å². The van der Waals surface area contributed by atoms with Crippen LogP contribution >= 0.6 is 15.9 Å². The lowest BCUT2D eigenvalue weighted by atomic mass is 10.2. The lowest BCUT2D eigenvalue weighted by molar-refractivity contribution is -0.386. The highest BCUT2D eigenvalue weighted by Crippen LogP contribution is 2.27. The standard InChI is InChI=1S/C16H11BrN2O4/c1-10-16(19(20)21)15(23-18-10)9-7-13-6-8-14(22-13)11-2-4-12(17)5-3-11/h2-9H,1H3/b9-7-. The quantitative estimate of drug-likeness (QED) is 0.469. The topological polar surface area (TPSA) is 82.3 Å². The van der Waals surface area contributed by atoms with Gasteiger partial charge in [0.15, 0.2) is 5.69 Å². The maximum absolute atomic E-state index is 11.0. The zero-order valence-electron chi connectivity index (χ0n) is 12.0. The van der Waals surface area contributed by atoms with Gasteiger partial charge in [-0.05, 0) is 43.3 Å². The Morgan fingerprint density at radius 1 is 1.17 bits per heavy atom. The minimum absolute atomic E-state index is 0.0918. The lowest BCUT2D eigenvalue weighted by Gasteiger charge is -1.96. The lowest BCUT2D eigenvalue weighted by Crippen LogP contribution is -1.89. The number of nitro groups is 1. The molecule has 3 rings (SSSR count). The number of rotatable bonds is 4. The van der Waals surface area contributed by atoms with E-state index in [0.717, 1.165) is 10.0 Å². The van der Waals surface area contributed by atoms with Crippen LogP contribution in [0.25, 0.3) is 23.5 Å². The molecule has 1 aromatic carbocycles. The van der Waals surface area contributed by atoms with E-state index < -0.39 is 4.92 Å². The number of halogens is 1. The highest BCUT2D eigenvalue weighted by molar-refractivity contribution is 9.10. The van der Waals surface area contributed by atoms with Gasteiger partial charge in [-0.2, -0.15) is 0 Å². The van der Waals surface area contributed by atoms with E-state index in [4.69, 9.17) is 8.94 Å². The summed E-state index contributed by atoms with van der Waals surface area (Å²) in [6.07, 6.45) is 3.08. The first-order valence-electron chi connectivity index (χ1n) is 6.69. The monoisotopic (exact) mass is 374 g/mol. The Bertz CT molecular complexity index is 878. The Hall–Kier alpha value is -2.67. The molecule has 0 unspecified atom stereocenters. The minimum Gasteiger partial charge on any atom is -0.457 e. The number of nitrogens with zero attached hydrogens (tertiary/aromatic N) is 2. The maximum Gasteiger partial charge on any atom is 0.338 e. The number of aryl methyl sites for hydroxylation is 1. The van der Waals surface area contributed by atoms with E-state index in [1.807, 2.05) is 30.3 Å². The van der Waals surface area contributed by atoms with Crippen LogP contribution in [0.2, 0.25) is 0 Å². The second-order valence-electron chi connectivity index (χ2n) is 4.78. The van der Waals surface area contributed by atoms with E-state index in [-0.39, 0.29) is 17.1 Å². The zero-order chi connectivity index (χ0) is 16.4. The summed E-state index contributed by atoms with van der Waals surface area (Å²) in [5.74, 6) is 1.36. The van der Waals surface area contributed by atoms with Crippen LogP contribution in [-0.4, -0.2) is 10.1 Å². The molecule has 0 aliphatic rings. The predicted molar refractivity (Wildman–Crippen MR) is 88.7 cm³/mol. The van der Waals surface area contributed by atoms with Crippen LogP contribution in [0, 0.1) is 17.0 Å². The van der Waals surface area contributed by atoms with Crippen molar-refractivity contribution in [1.82, 2.24) is 5.16 Å². The van der Waals surface area contributed by atoms with Gasteiger partial charge in [-0.15, -0.1) is 0 Å². The summed E-state index contributed by atoms with van der Waals surface area (Å²) in [6.45, 7) is 1.53. The van der Waals surface area contributed by atoms with E-state index in [1.54, 1.807) is 12.1 Å². The second kappa shape index (κ2) is 6.21. The molecule has 0 fully saturated rings. The van der Waals surface area contributed by atoms with Crippen molar-refractivity contribution in [3.05, 3.63) is 68.2 Å². The average Bonchev–Trinajstić information content (AvgIpc) is 3.12. The zero-order valence-corrected chi connectivity index (χ0v) is 13.6. The fourth-order valence-electron chi connectivity index (χ4n) is 2.08. The Morgan fingerprint density at radius 2 is 1.91 bits per heavy atom. The van der Waals surface area contributed by atoms with Crippen LogP contribution < -0.4 is 0 Å². The van der Waals surface area contributed by atoms with Gasteiger partial charge in [0.2, 0.25) is 5.76 Å². The van der Waals surface area contributed by atoms with Gasteiger partial charge >= 0.3 is 5.69 Å². The molecular formula is C16H11BrN2O4. The first kappa shape index (κ1) is 15.2. The van der Waals surface area contributed by atoms with Crippen LogP contribution in [0.4, 0.5) is 5.69 Å². The fourth-order valence-corrected chi connectivity index (χ4v) is 2.35. The van der Waals surface area contributed by atoms with Gasteiger partial charge in [-0.1, -0.05) is 33.2 Å². The highest BCUT2D eigenvalue weighted by Gasteiger charge is 2.22. The van der Waals surface area contributed by atoms with Crippen molar-refractivity contribution in [2.24, 2.45) is 0 Å². The van der Waals surface area contributed by atoms with E-state index in [9.17, 15) is 10.1 Å². The molecule has 0 aliphatic carbocycles. The summed E-state index contributed by atoms with van der Waals surface area (Å²) < 4.78 is 11.6. The third-order valence-electron chi connectivity index (χ3n) is 3.19. The third-order valence-corrected chi connectivity index (χ3v) is 3.72. The number of aromatic nitrogens is 1. The number of furan rings is 1. The summed E-state index contributed by atoms with van der Waals surface area (Å²) in [6, 6.07) is 11.3. The molecular weight excluding hydrogens is 364 g/mol. The Balaban J connectivity index is 1.84. The van der Waals surface area contributed by atoms with Gasteiger partial charge in [-0.25, -0.2) is 0 Å². The minimum atomic E-state index is -0.513. The van der Waals surface area contributed by atoms with Gasteiger partial charge in [0.25, 0.3) is 0 Å². The maximum atomic E-state index is 11.0. The highest BCUT2D eigenvalue weighted by atomic mass is 79.9. The molecule has 2 aromatic heterocycles. The molecule has 7 heteroatoms. The SMILES string of the molecule is Cc1noc(/C=C\c2ccc(-c3ccc(Br)cc3)o2)c1[N+](=O)[O-].